The minimum Gasteiger partial charge on any atom is -0.351 e. The van der Waals surface area contributed by atoms with Crippen LogP contribution in [0.15, 0.2) is 23.4 Å². The van der Waals surface area contributed by atoms with Gasteiger partial charge in [-0.15, -0.1) is 0 Å². The number of anilines is 1. The molecule has 8 nitrogen and oxygen atoms in total. The van der Waals surface area contributed by atoms with E-state index >= 15 is 0 Å². The fourth-order valence-electron chi connectivity index (χ4n) is 2.89. The van der Waals surface area contributed by atoms with Crippen LogP contribution in [-0.2, 0) is 11.3 Å². The van der Waals surface area contributed by atoms with E-state index in [9.17, 15) is 9.59 Å². The SMILES string of the molecule is O=C(Cn1cnc(C2CC2)cc1=O)N1CCN(c2cnsn2)CC1. The van der Waals surface area contributed by atoms with Crippen molar-refractivity contribution in [3.05, 3.63) is 34.6 Å². The molecule has 24 heavy (non-hydrogen) atoms. The largest absolute Gasteiger partial charge is 0.351 e. The van der Waals surface area contributed by atoms with Crippen LogP contribution in [-0.4, -0.2) is 55.3 Å². The number of hydrogen-bond donors (Lipinski definition) is 0. The fraction of sp³-hybridized carbons (Fsp3) is 0.533. The van der Waals surface area contributed by atoms with E-state index in [0.717, 1.165) is 37.4 Å². The summed E-state index contributed by atoms with van der Waals surface area (Å²) in [5, 5.41) is 0. The molecule has 0 spiro atoms. The zero-order valence-electron chi connectivity index (χ0n) is 13.2. The Morgan fingerprint density at radius 1 is 1.25 bits per heavy atom. The van der Waals surface area contributed by atoms with Crippen molar-refractivity contribution in [3.63, 3.8) is 0 Å². The molecule has 2 aromatic rings. The molecule has 2 aromatic heterocycles. The number of hydrogen-bond acceptors (Lipinski definition) is 7. The molecule has 1 amide bonds. The predicted molar refractivity (Wildman–Crippen MR) is 89.2 cm³/mol. The lowest BCUT2D eigenvalue weighted by atomic mass is 10.3. The second-order valence-electron chi connectivity index (χ2n) is 6.19. The molecule has 1 aliphatic heterocycles. The van der Waals surface area contributed by atoms with Gasteiger partial charge in [0.05, 0.1) is 29.9 Å². The molecule has 0 bridgehead atoms. The van der Waals surface area contributed by atoms with Crippen LogP contribution in [0.3, 0.4) is 0 Å². The van der Waals surface area contributed by atoms with Gasteiger partial charge in [0.15, 0.2) is 5.82 Å². The van der Waals surface area contributed by atoms with Gasteiger partial charge in [-0.1, -0.05) is 0 Å². The lowest BCUT2D eigenvalue weighted by Gasteiger charge is -2.34. The van der Waals surface area contributed by atoms with E-state index in [1.807, 2.05) is 0 Å². The lowest BCUT2D eigenvalue weighted by Crippen LogP contribution is -2.50. The minimum absolute atomic E-state index is 0.0471. The summed E-state index contributed by atoms with van der Waals surface area (Å²) >= 11 is 1.18. The topological polar surface area (TPSA) is 84.2 Å². The van der Waals surface area contributed by atoms with E-state index in [0.29, 0.717) is 19.0 Å². The molecule has 0 radical (unpaired) electrons. The van der Waals surface area contributed by atoms with E-state index in [2.05, 4.69) is 18.6 Å². The molecule has 0 N–H and O–H groups in total. The molecule has 126 valence electrons. The highest BCUT2D eigenvalue weighted by Gasteiger charge is 2.26. The summed E-state index contributed by atoms with van der Waals surface area (Å²) in [6.45, 7) is 2.75. The van der Waals surface area contributed by atoms with Gasteiger partial charge in [-0.3, -0.25) is 14.2 Å². The number of piperazine rings is 1. The first-order chi connectivity index (χ1) is 11.7. The maximum absolute atomic E-state index is 12.4. The zero-order chi connectivity index (χ0) is 16.5. The van der Waals surface area contributed by atoms with E-state index in [1.165, 1.54) is 22.6 Å². The third-order valence-corrected chi connectivity index (χ3v) is 4.98. The van der Waals surface area contributed by atoms with Crippen molar-refractivity contribution in [2.75, 3.05) is 31.1 Å². The number of carbonyl (C=O) groups excluding carboxylic acids is 1. The van der Waals surface area contributed by atoms with Crippen LogP contribution in [0.2, 0.25) is 0 Å². The molecule has 2 fully saturated rings. The number of rotatable bonds is 4. The van der Waals surface area contributed by atoms with Crippen LogP contribution in [0.5, 0.6) is 0 Å². The van der Waals surface area contributed by atoms with Crippen molar-refractivity contribution in [1.29, 1.82) is 0 Å². The average Bonchev–Trinajstić information content (AvgIpc) is 3.31. The molecule has 1 saturated heterocycles. The standard InChI is InChI=1S/C15H18N6O2S/c22-14-7-12(11-1-2-11)16-10-21(14)9-15(23)20-5-3-19(4-6-20)13-8-17-24-18-13/h7-8,10-11H,1-6,9H2. The molecule has 0 atom stereocenters. The van der Waals surface area contributed by atoms with Gasteiger partial charge in [0.2, 0.25) is 5.91 Å². The Labute approximate surface area is 143 Å². The Hall–Kier alpha value is -2.29. The molecular weight excluding hydrogens is 328 g/mol. The van der Waals surface area contributed by atoms with Crippen molar-refractivity contribution in [2.45, 2.75) is 25.3 Å². The summed E-state index contributed by atoms with van der Waals surface area (Å²) in [6, 6.07) is 1.57. The fourth-order valence-corrected chi connectivity index (χ4v) is 3.33. The van der Waals surface area contributed by atoms with Crippen LogP contribution < -0.4 is 10.5 Å². The second-order valence-corrected chi connectivity index (χ2v) is 6.74. The summed E-state index contributed by atoms with van der Waals surface area (Å²) in [5.41, 5.74) is 0.710. The van der Waals surface area contributed by atoms with Crippen LogP contribution in [0.1, 0.15) is 24.5 Å². The van der Waals surface area contributed by atoms with Gasteiger partial charge in [0, 0.05) is 38.2 Å². The van der Waals surface area contributed by atoms with Gasteiger partial charge in [-0.2, -0.15) is 8.75 Å². The highest BCUT2D eigenvalue weighted by atomic mass is 32.1. The smallest absolute Gasteiger partial charge is 0.254 e. The van der Waals surface area contributed by atoms with E-state index in [-0.39, 0.29) is 18.0 Å². The van der Waals surface area contributed by atoms with Gasteiger partial charge in [0.25, 0.3) is 5.56 Å². The summed E-state index contributed by atoms with van der Waals surface area (Å²) in [7, 11) is 0. The summed E-state index contributed by atoms with van der Waals surface area (Å²) in [5.74, 6) is 1.26. The molecule has 0 unspecified atom stereocenters. The summed E-state index contributed by atoms with van der Waals surface area (Å²) in [4.78, 5) is 32.8. The predicted octanol–water partition coefficient (Wildman–Crippen LogP) is 0.321. The highest BCUT2D eigenvalue weighted by Crippen LogP contribution is 2.38. The molecule has 0 aromatic carbocycles. The van der Waals surface area contributed by atoms with E-state index in [1.54, 1.807) is 17.2 Å². The summed E-state index contributed by atoms with van der Waals surface area (Å²) < 4.78 is 9.61. The Balaban J connectivity index is 1.36. The summed E-state index contributed by atoms with van der Waals surface area (Å²) in [6.07, 6.45) is 5.46. The van der Waals surface area contributed by atoms with Gasteiger partial charge in [0.1, 0.15) is 6.54 Å². The first-order valence-electron chi connectivity index (χ1n) is 8.07. The molecule has 3 heterocycles. The molecule has 2 aliphatic rings. The van der Waals surface area contributed by atoms with Crippen molar-refractivity contribution < 1.29 is 4.79 Å². The van der Waals surface area contributed by atoms with E-state index < -0.39 is 0 Å². The number of aromatic nitrogens is 4. The van der Waals surface area contributed by atoms with Gasteiger partial charge in [-0.05, 0) is 12.8 Å². The molecule has 9 heteroatoms. The Morgan fingerprint density at radius 3 is 2.67 bits per heavy atom. The Kier molecular flexibility index (Phi) is 4.01. The van der Waals surface area contributed by atoms with Crippen LogP contribution in [0, 0.1) is 0 Å². The Morgan fingerprint density at radius 2 is 2.04 bits per heavy atom. The molecular formula is C15H18N6O2S. The normalized spacial score (nSPS) is 18.0. The van der Waals surface area contributed by atoms with E-state index in [4.69, 9.17) is 0 Å². The monoisotopic (exact) mass is 346 g/mol. The van der Waals surface area contributed by atoms with Crippen molar-refractivity contribution in [1.82, 2.24) is 23.2 Å². The first kappa shape index (κ1) is 15.3. The number of amides is 1. The van der Waals surface area contributed by atoms with Gasteiger partial charge >= 0.3 is 0 Å². The quantitative estimate of drug-likeness (QED) is 0.793. The Bertz CT molecular complexity index is 778. The third kappa shape index (κ3) is 3.16. The maximum Gasteiger partial charge on any atom is 0.254 e. The molecule has 4 rings (SSSR count). The lowest BCUT2D eigenvalue weighted by molar-refractivity contribution is -0.132. The minimum atomic E-state index is -0.146. The number of nitrogens with zero attached hydrogens (tertiary/aromatic N) is 6. The van der Waals surface area contributed by atoms with Crippen molar-refractivity contribution in [2.24, 2.45) is 0 Å². The zero-order valence-corrected chi connectivity index (χ0v) is 14.0. The second kappa shape index (κ2) is 6.31. The maximum atomic E-state index is 12.4. The third-order valence-electron chi connectivity index (χ3n) is 4.51. The highest BCUT2D eigenvalue weighted by molar-refractivity contribution is 6.99. The van der Waals surface area contributed by atoms with Crippen LogP contribution in [0.25, 0.3) is 0 Å². The number of carbonyl (C=O) groups is 1. The van der Waals surface area contributed by atoms with Crippen molar-refractivity contribution >= 4 is 23.5 Å². The first-order valence-corrected chi connectivity index (χ1v) is 8.80. The van der Waals surface area contributed by atoms with Crippen molar-refractivity contribution in [3.8, 4) is 0 Å². The molecule has 1 aliphatic carbocycles. The van der Waals surface area contributed by atoms with Gasteiger partial charge in [-0.25, -0.2) is 4.98 Å². The molecule has 1 saturated carbocycles. The van der Waals surface area contributed by atoms with Gasteiger partial charge < -0.3 is 9.80 Å². The average molecular weight is 346 g/mol. The van der Waals surface area contributed by atoms with Crippen LogP contribution in [0.4, 0.5) is 5.82 Å². The van der Waals surface area contributed by atoms with Crippen LogP contribution >= 0.6 is 11.7 Å².